The molecule has 2 nitrogen and oxygen atoms in total. The standard InChI is InChI=1S/C11H23NOS2/c1-10(2,6-9(13)12-5)7-11(3,4)8-15-14/h14H,6-8H2,1-5H3,(H,12,13). The van der Waals surface area contributed by atoms with Crippen LogP contribution in [0.15, 0.2) is 0 Å². The third-order valence-electron chi connectivity index (χ3n) is 2.33. The molecule has 0 aliphatic rings. The Labute approximate surface area is 103 Å². The highest BCUT2D eigenvalue weighted by molar-refractivity contribution is 8.68. The Hall–Kier alpha value is 0.170. The summed E-state index contributed by atoms with van der Waals surface area (Å²) in [6.07, 6.45) is 1.62. The fourth-order valence-electron chi connectivity index (χ4n) is 2.11. The summed E-state index contributed by atoms with van der Waals surface area (Å²) in [5.74, 6) is 1.13. The first-order valence-corrected chi connectivity index (χ1v) is 7.23. The number of hydrogen-bond acceptors (Lipinski definition) is 3. The molecule has 15 heavy (non-hydrogen) atoms. The van der Waals surface area contributed by atoms with E-state index in [2.05, 4.69) is 44.7 Å². The number of nitrogens with one attached hydrogen (secondary N) is 1. The molecule has 0 aliphatic carbocycles. The summed E-state index contributed by atoms with van der Waals surface area (Å²) in [6, 6.07) is 0. The van der Waals surface area contributed by atoms with E-state index in [0.29, 0.717) is 6.42 Å². The van der Waals surface area contributed by atoms with Gasteiger partial charge < -0.3 is 5.32 Å². The average molecular weight is 249 g/mol. The summed E-state index contributed by atoms with van der Waals surface area (Å²) in [5, 5.41) is 2.68. The predicted molar refractivity (Wildman–Crippen MR) is 72.3 cm³/mol. The zero-order valence-corrected chi connectivity index (χ0v) is 12.1. The maximum atomic E-state index is 11.3. The Morgan fingerprint density at radius 3 is 2.20 bits per heavy atom. The van der Waals surface area contributed by atoms with Gasteiger partial charge in [0.15, 0.2) is 0 Å². The van der Waals surface area contributed by atoms with Crippen LogP contribution in [0.1, 0.15) is 40.5 Å². The van der Waals surface area contributed by atoms with Crippen LogP contribution in [0.25, 0.3) is 0 Å². The molecule has 0 rings (SSSR count). The molecule has 0 aromatic heterocycles. The van der Waals surface area contributed by atoms with Gasteiger partial charge in [0.2, 0.25) is 5.91 Å². The number of amides is 1. The minimum Gasteiger partial charge on any atom is -0.359 e. The van der Waals surface area contributed by atoms with Crippen molar-refractivity contribution in [2.75, 3.05) is 12.8 Å². The fourth-order valence-corrected chi connectivity index (χ4v) is 3.61. The van der Waals surface area contributed by atoms with Gasteiger partial charge in [-0.05, 0) is 17.3 Å². The zero-order valence-electron chi connectivity index (χ0n) is 10.4. The summed E-state index contributed by atoms with van der Waals surface area (Å²) in [5.41, 5.74) is 0.275. The Kier molecular flexibility index (Phi) is 6.11. The van der Waals surface area contributed by atoms with Gasteiger partial charge in [-0.1, -0.05) is 38.5 Å². The third kappa shape index (κ3) is 7.12. The van der Waals surface area contributed by atoms with Gasteiger partial charge in [-0.2, -0.15) is 0 Å². The molecular weight excluding hydrogens is 226 g/mol. The van der Waals surface area contributed by atoms with Gasteiger partial charge >= 0.3 is 0 Å². The number of carbonyl (C=O) groups is 1. The van der Waals surface area contributed by atoms with Crippen molar-refractivity contribution < 1.29 is 4.79 Å². The van der Waals surface area contributed by atoms with Gasteiger partial charge in [-0.3, -0.25) is 4.79 Å². The zero-order chi connectivity index (χ0) is 12.1. The Balaban J connectivity index is 4.29. The second kappa shape index (κ2) is 6.04. The van der Waals surface area contributed by atoms with Crippen molar-refractivity contribution >= 4 is 28.4 Å². The Morgan fingerprint density at radius 2 is 1.80 bits per heavy atom. The van der Waals surface area contributed by atoms with Crippen molar-refractivity contribution in [3.63, 3.8) is 0 Å². The smallest absolute Gasteiger partial charge is 0.220 e. The molecule has 90 valence electrons. The first-order valence-electron chi connectivity index (χ1n) is 5.19. The number of hydrogen-bond donors (Lipinski definition) is 2. The van der Waals surface area contributed by atoms with Crippen LogP contribution in [0.3, 0.4) is 0 Å². The van der Waals surface area contributed by atoms with E-state index in [9.17, 15) is 4.79 Å². The van der Waals surface area contributed by atoms with E-state index in [1.807, 2.05) is 0 Å². The van der Waals surface area contributed by atoms with Crippen LogP contribution in [0, 0.1) is 10.8 Å². The molecule has 0 bridgehead atoms. The molecule has 0 fully saturated rings. The van der Waals surface area contributed by atoms with Gasteiger partial charge in [0.05, 0.1) is 0 Å². The Bertz CT molecular complexity index is 215. The van der Waals surface area contributed by atoms with E-state index in [1.54, 1.807) is 17.8 Å². The normalized spacial score (nSPS) is 12.7. The number of rotatable bonds is 6. The first-order chi connectivity index (χ1) is 6.72. The van der Waals surface area contributed by atoms with E-state index in [0.717, 1.165) is 12.2 Å². The molecule has 1 amide bonds. The SMILES string of the molecule is CNC(=O)CC(C)(C)CC(C)(C)CSS. The van der Waals surface area contributed by atoms with Crippen molar-refractivity contribution in [1.82, 2.24) is 5.32 Å². The van der Waals surface area contributed by atoms with E-state index < -0.39 is 0 Å². The molecule has 4 heteroatoms. The van der Waals surface area contributed by atoms with E-state index in [4.69, 9.17) is 0 Å². The molecule has 0 aromatic carbocycles. The quantitative estimate of drug-likeness (QED) is 0.559. The lowest BCUT2D eigenvalue weighted by atomic mass is 9.74. The molecule has 0 saturated heterocycles. The van der Waals surface area contributed by atoms with Crippen LogP contribution in [-0.4, -0.2) is 18.7 Å². The molecule has 0 atom stereocenters. The van der Waals surface area contributed by atoms with Gasteiger partial charge in [0.25, 0.3) is 0 Å². The highest BCUT2D eigenvalue weighted by atomic mass is 33.1. The van der Waals surface area contributed by atoms with Crippen molar-refractivity contribution in [1.29, 1.82) is 0 Å². The topological polar surface area (TPSA) is 29.1 Å². The molecule has 0 aromatic rings. The molecule has 0 radical (unpaired) electrons. The molecule has 0 aliphatic heterocycles. The number of thiol groups is 1. The summed E-state index contributed by atoms with van der Waals surface area (Å²) in [6.45, 7) is 8.74. The maximum absolute atomic E-state index is 11.3. The van der Waals surface area contributed by atoms with Gasteiger partial charge in [0, 0.05) is 19.2 Å². The van der Waals surface area contributed by atoms with Crippen molar-refractivity contribution in [3.8, 4) is 0 Å². The summed E-state index contributed by atoms with van der Waals surface area (Å²) in [4.78, 5) is 11.3. The summed E-state index contributed by atoms with van der Waals surface area (Å²) >= 11 is 4.19. The highest BCUT2D eigenvalue weighted by Gasteiger charge is 2.30. The largest absolute Gasteiger partial charge is 0.359 e. The van der Waals surface area contributed by atoms with Crippen LogP contribution in [0.5, 0.6) is 0 Å². The minimum absolute atomic E-state index is 0.0487. The molecule has 1 N–H and O–H groups in total. The van der Waals surface area contributed by atoms with Gasteiger partial charge in [-0.15, -0.1) is 11.7 Å². The third-order valence-corrected chi connectivity index (χ3v) is 3.63. The first kappa shape index (κ1) is 15.2. The number of carbonyl (C=O) groups excluding carboxylic acids is 1. The van der Waals surface area contributed by atoms with Crippen LogP contribution >= 0.6 is 22.5 Å². The molecular formula is C11H23NOS2. The highest BCUT2D eigenvalue weighted by Crippen LogP contribution is 2.38. The van der Waals surface area contributed by atoms with E-state index in [-0.39, 0.29) is 16.7 Å². The minimum atomic E-state index is 0.0487. The fraction of sp³-hybridized carbons (Fsp3) is 0.909. The van der Waals surface area contributed by atoms with Crippen LogP contribution in [0.4, 0.5) is 0 Å². The summed E-state index contributed by atoms with van der Waals surface area (Å²) in [7, 11) is 3.26. The van der Waals surface area contributed by atoms with E-state index >= 15 is 0 Å². The monoisotopic (exact) mass is 249 g/mol. The van der Waals surface area contributed by atoms with Crippen LogP contribution in [-0.2, 0) is 4.79 Å². The van der Waals surface area contributed by atoms with Gasteiger partial charge in [-0.25, -0.2) is 0 Å². The molecule has 0 saturated carbocycles. The molecule has 0 unspecified atom stereocenters. The molecule has 0 spiro atoms. The summed E-state index contributed by atoms with van der Waals surface area (Å²) < 4.78 is 0. The Morgan fingerprint density at radius 1 is 1.27 bits per heavy atom. The second-order valence-corrected chi connectivity index (χ2v) is 6.95. The maximum Gasteiger partial charge on any atom is 0.220 e. The van der Waals surface area contributed by atoms with Crippen LogP contribution < -0.4 is 5.32 Å². The lowest BCUT2D eigenvalue weighted by molar-refractivity contribution is -0.122. The average Bonchev–Trinajstić information content (AvgIpc) is 2.00. The van der Waals surface area contributed by atoms with Crippen molar-refractivity contribution in [2.45, 2.75) is 40.5 Å². The lowest BCUT2D eigenvalue weighted by Crippen LogP contribution is -2.30. The lowest BCUT2D eigenvalue weighted by Gasteiger charge is -2.34. The molecule has 0 heterocycles. The second-order valence-electron chi connectivity index (χ2n) is 5.63. The predicted octanol–water partition coefficient (Wildman–Crippen LogP) is 3.14. The van der Waals surface area contributed by atoms with Gasteiger partial charge in [0.1, 0.15) is 0 Å². The van der Waals surface area contributed by atoms with Crippen molar-refractivity contribution in [3.05, 3.63) is 0 Å². The van der Waals surface area contributed by atoms with Crippen LogP contribution in [0.2, 0.25) is 0 Å². The van der Waals surface area contributed by atoms with Crippen molar-refractivity contribution in [2.24, 2.45) is 10.8 Å². The van der Waals surface area contributed by atoms with E-state index in [1.165, 1.54) is 0 Å².